The number of fused-ring (bicyclic) bond motifs is 1. The average Bonchev–Trinajstić information content (AvgIpc) is 2.87. The van der Waals surface area contributed by atoms with Gasteiger partial charge in [0.2, 0.25) is 5.82 Å². The number of amides is 1. The van der Waals surface area contributed by atoms with Crippen LogP contribution in [0.4, 0.5) is 5.82 Å². The number of hydrogen-bond acceptors (Lipinski definition) is 5. The summed E-state index contributed by atoms with van der Waals surface area (Å²) < 4.78 is 2.22. The van der Waals surface area contributed by atoms with Crippen molar-refractivity contribution in [3.8, 4) is 0 Å². The zero-order chi connectivity index (χ0) is 15.0. The summed E-state index contributed by atoms with van der Waals surface area (Å²) in [4.78, 5) is 24.5. The van der Waals surface area contributed by atoms with Crippen molar-refractivity contribution in [2.24, 2.45) is 0 Å². The van der Waals surface area contributed by atoms with Gasteiger partial charge in [0.1, 0.15) is 5.82 Å². The van der Waals surface area contributed by atoms with E-state index in [0.717, 1.165) is 11.3 Å². The molecular weight excluding hydrogens is 336 g/mol. The number of aryl methyl sites for hydroxylation is 2. The molecule has 0 saturated heterocycles. The number of rotatable bonds is 2. The Morgan fingerprint density at radius 2 is 2.14 bits per heavy atom. The van der Waals surface area contributed by atoms with Crippen molar-refractivity contribution in [1.82, 2.24) is 24.6 Å². The van der Waals surface area contributed by atoms with Crippen molar-refractivity contribution in [3.05, 3.63) is 46.1 Å². The number of pyridine rings is 1. The number of carbonyl (C=O) groups excluding carboxylic acids is 1. The molecule has 0 spiro atoms. The zero-order valence-electron chi connectivity index (χ0n) is 11.3. The molecule has 0 bridgehead atoms. The van der Waals surface area contributed by atoms with Gasteiger partial charge in [-0.3, -0.25) is 4.79 Å². The third-order valence-corrected chi connectivity index (χ3v) is 3.45. The Morgan fingerprint density at radius 1 is 1.33 bits per heavy atom. The Morgan fingerprint density at radius 3 is 2.86 bits per heavy atom. The fourth-order valence-corrected chi connectivity index (χ4v) is 2.35. The van der Waals surface area contributed by atoms with Crippen LogP contribution in [0.25, 0.3) is 5.78 Å². The maximum atomic E-state index is 12.2. The van der Waals surface area contributed by atoms with Crippen molar-refractivity contribution in [3.63, 3.8) is 0 Å². The average molecular weight is 347 g/mol. The minimum absolute atomic E-state index is 0.0473. The van der Waals surface area contributed by atoms with E-state index in [4.69, 9.17) is 0 Å². The van der Waals surface area contributed by atoms with E-state index in [1.165, 1.54) is 4.52 Å². The molecule has 0 fully saturated rings. The van der Waals surface area contributed by atoms with E-state index < -0.39 is 5.91 Å². The Balaban J connectivity index is 1.92. The molecule has 0 aliphatic rings. The standard InChI is InChI=1S/C13H11BrN6O/c1-7-5-9(14)10(16-6-7)17-12(21)11-18-13-15-4-3-8(2)20(13)19-11/h3-6H,1-2H3,(H,16,17,21). The van der Waals surface area contributed by atoms with Crippen LogP contribution in [0, 0.1) is 13.8 Å². The quantitative estimate of drug-likeness (QED) is 0.768. The van der Waals surface area contributed by atoms with Crippen molar-refractivity contribution in [1.29, 1.82) is 0 Å². The topological polar surface area (TPSA) is 85.1 Å². The van der Waals surface area contributed by atoms with Crippen LogP contribution < -0.4 is 5.32 Å². The van der Waals surface area contributed by atoms with E-state index in [1.54, 1.807) is 18.5 Å². The largest absolute Gasteiger partial charge is 0.303 e. The van der Waals surface area contributed by atoms with Gasteiger partial charge >= 0.3 is 0 Å². The third-order valence-electron chi connectivity index (χ3n) is 2.84. The number of halogens is 1. The van der Waals surface area contributed by atoms with Gasteiger partial charge in [-0.25, -0.2) is 14.5 Å². The molecule has 0 radical (unpaired) electrons. The van der Waals surface area contributed by atoms with Gasteiger partial charge in [-0.2, -0.15) is 4.98 Å². The lowest BCUT2D eigenvalue weighted by atomic mass is 10.3. The molecule has 3 aromatic rings. The summed E-state index contributed by atoms with van der Waals surface area (Å²) in [5, 5.41) is 6.81. The molecule has 7 nitrogen and oxygen atoms in total. The van der Waals surface area contributed by atoms with Crippen LogP contribution in [0.15, 0.2) is 29.0 Å². The van der Waals surface area contributed by atoms with Gasteiger partial charge in [-0.05, 0) is 47.5 Å². The molecule has 21 heavy (non-hydrogen) atoms. The molecule has 106 valence electrons. The molecule has 3 aromatic heterocycles. The van der Waals surface area contributed by atoms with E-state index in [-0.39, 0.29) is 5.82 Å². The van der Waals surface area contributed by atoms with Gasteiger partial charge < -0.3 is 5.32 Å². The Labute approximate surface area is 128 Å². The molecule has 8 heteroatoms. The fraction of sp³-hybridized carbons (Fsp3) is 0.154. The summed E-state index contributed by atoms with van der Waals surface area (Å²) in [6.45, 7) is 3.78. The van der Waals surface area contributed by atoms with Crippen molar-refractivity contribution in [2.75, 3.05) is 5.32 Å². The Bertz CT molecular complexity index is 844. The van der Waals surface area contributed by atoms with E-state index in [0.29, 0.717) is 16.1 Å². The lowest BCUT2D eigenvalue weighted by Gasteiger charge is -2.04. The highest BCUT2D eigenvalue weighted by Crippen LogP contribution is 2.20. The molecule has 0 atom stereocenters. The van der Waals surface area contributed by atoms with E-state index >= 15 is 0 Å². The molecule has 1 amide bonds. The highest BCUT2D eigenvalue weighted by molar-refractivity contribution is 9.10. The van der Waals surface area contributed by atoms with E-state index in [2.05, 4.69) is 41.3 Å². The molecule has 1 N–H and O–H groups in total. The maximum absolute atomic E-state index is 12.2. The highest BCUT2D eigenvalue weighted by Gasteiger charge is 2.16. The molecule has 0 saturated carbocycles. The highest BCUT2D eigenvalue weighted by atomic mass is 79.9. The summed E-state index contributed by atoms with van der Waals surface area (Å²) >= 11 is 3.36. The molecule has 3 heterocycles. The third kappa shape index (κ3) is 2.62. The number of aromatic nitrogens is 5. The number of hydrogen-bond donors (Lipinski definition) is 1. The van der Waals surface area contributed by atoms with Gasteiger partial charge in [0.15, 0.2) is 0 Å². The Hall–Kier alpha value is -2.35. The van der Waals surface area contributed by atoms with Crippen molar-refractivity contribution in [2.45, 2.75) is 13.8 Å². The SMILES string of the molecule is Cc1cnc(NC(=O)c2nc3nccc(C)n3n2)c(Br)c1. The van der Waals surface area contributed by atoms with Crippen molar-refractivity contribution >= 4 is 33.4 Å². The van der Waals surface area contributed by atoms with Crippen LogP contribution in [0.1, 0.15) is 21.9 Å². The van der Waals surface area contributed by atoms with Gasteiger partial charge in [-0.15, -0.1) is 5.10 Å². The number of nitrogens with one attached hydrogen (secondary N) is 1. The molecule has 3 rings (SSSR count). The Kier molecular flexibility index (Phi) is 3.38. The fourth-order valence-electron chi connectivity index (χ4n) is 1.79. The van der Waals surface area contributed by atoms with Gasteiger partial charge in [-0.1, -0.05) is 0 Å². The normalized spacial score (nSPS) is 10.8. The van der Waals surface area contributed by atoms with Crippen LogP contribution in [0.3, 0.4) is 0 Å². The van der Waals surface area contributed by atoms with Crippen LogP contribution >= 0.6 is 15.9 Å². The lowest BCUT2D eigenvalue weighted by molar-refractivity contribution is 0.101. The smallest absolute Gasteiger partial charge is 0.296 e. The molecular formula is C13H11BrN6O. The first-order valence-electron chi connectivity index (χ1n) is 6.16. The second kappa shape index (κ2) is 5.21. The first-order chi connectivity index (χ1) is 10.0. The summed E-state index contributed by atoms with van der Waals surface area (Å²) in [6, 6.07) is 3.66. The van der Waals surface area contributed by atoms with Crippen LogP contribution in [0.2, 0.25) is 0 Å². The minimum Gasteiger partial charge on any atom is -0.303 e. The molecule has 0 aliphatic heterocycles. The predicted octanol–water partition coefficient (Wildman–Crippen LogP) is 2.15. The van der Waals surface area contributed by atoms with Gasteiger partial charge in [0.25, 0.3) is 11.7 Å². The van der Waals surface area contributed by atoms with Crippen LogP contribution in [-0.2, 0) is 0 Å². The van der Waals surface area contributed by atoms with Crippen molar-refractivity contribution < 1.29 is 4.79 Å². The predicted molar refractivity (Wildman–Crippen MR) is 80.1 cm³/mol. The maximum Gasteiger partial charge on any atom is 0.296 e. The number of nitrogens with zero attached hydrogens (tertiary/aromatic N) is 5. The zero-order valence-corrected chi connectivity index (χ0v) is 12.9. The first kappa shape index (κ1) is 13.6. The summed E-state index contributed by atoms with van der Waals surface area (Å²) in [6.07, 6.45) is 3.29. The van der Waals surface area contributed by atoms with E-state index in [1.807, 2.05) is 19.9 Å². The summed E-state index contributed by atoms with van der Waals surface area (Å²) in [5.74, 6) is 0.424. The van der Waals surface area contributed by atoms with Crippen LogP contribution in [-0.4, -0.2) is 30.5 Å². The molecule has 0 unspecified atom stereocenters. The second-order valence-corrected chi connectivity index (χ2v) is 5.38. The molecule has 0 aliphatic carbocycles. The minimum atomic E-state index is -0.433. The van der Waals surface area contributed by atoms with Crippen LogP contribution in [0.5, 0.6) is 0 Å². The van der Waals surface area contributed by atoms with Gasteiger partial charge in [0, 0.05) is 18.1 Å². The number of anilines is 1. The first-order valence-corrected chi connectivity index (χ1v) is 6.96. The molecule has 0 aromatic carbocycles. The monoisotopic (exact) mass is 346 g/mol. The summed E-state index contributed by atoms with van der Waals surface area (Å²) in [7, 11) is 0. The lowest BCUT2D eigenvalue weighted by Crippen LogP contribution is -2.15. The number of carbonyl (C=O) groups is 1. The summed E-state index contributed by atoms with van der Waals surface area (Å²) in [5.41, 5.74) is 1.84. The van der Waals surface area contributed by atoms with Gasteiger partial charge in [0.05, 0.1) is 4.47 Å². The second-order valence-electron chi connectivity index (χ2n) is 4.53. The van der Waals surface area contributed by atoms with E-state index in [9.17, 15) is 4.79 Å².